The van der Waals surface area contributed by atoms with Crippen molar-refractivity contribution in [2.45, 2.75) is 32.9 Å². The van der Waals surface area contributed by atoms with E-state index in [9.17, 15) is 0 Å². The quantitative estimate of drug-likeness (QED) is 0.883. The maximum absolute atomic E-state index is 4.37. The van der Waals surface area contributed by atoms with Gasteiger partial charge in [0.05, 0.1) is 11.7 Å². The third kappa shape index (κ3) is 3.31. The van der Waals surface area contributed by atoms with Crippen molar-refractivity contribution in [2.24, 2.45) is 0 Å². The number of rotatable bonds is 5. The molecular formula is C12H16N4S. The molecule has 4 nitrogen and oxygen atoms in total. The summed E-state index contributed by atoms with van der Waals surface area (Å²) in [6, 6.07) is 2.25. The number of aromatic nitrogens is 3. The van der Waals surface area contributed by atoms with Gasteiger partial charge in [0.1, 0.15) is 10.8 Å². The molecule has 0 bridgehead atoms. The van der Waals surface area contributed by atoms with Crippen LogP contribution in [0.25, 0.3) is 0 Å². The largest absolute Gasteiger partial charge is 0.302 e. The monoisotopic (exact) mass is 248 g/mol. The predicted molar refractivity (Wildman–Crippen MR) is 68.8 cm³/mol. The lowest BCUT2D eigenvalue weighted by Gasteiger charge is -2.13. The third-order valence-corrected chi connectivity index (χ3v) is 3.41. The molecule has 0 aliphatic heterocycles. The Bertz CT molecular complexity index is 455. The summed E-state index contributed by atoms with van der Waals surface area (Å²) in [6.45, 7) is 4.81. The van der Waals surface area contributed by atoms with Crippen LogP contribution in [0.1, 0.15) is 35.9 Å². The van der Waals surface area contributed by atoms with Gasteiger partial charge in [-0.1, -0.05) is 6.92 Å². The highest BCUT2D eigenvalue weighted by Gasteiger charge is 2.11. The van der Waals surface area contributed by atoms with Crippen LogP contribution < -0.4 is 5.32 Å². The lowest BCUT2D eigenvalue weighted by atomic mass is 10.2. The molecule has 2 aromatic heterocycles. The zero-order valence-electron chi connectivity index (χ0n) is 10.1. The Balaban J connectivity index is 1.97. The van der Waals surface area contributed by atoms with Gasteiger partial charge in [0.2, 0.25) is 0 Å². The standard InChI is InChI=1S/C12H16N4S/c1-3-11(12-14-6-7-17-12)15-8-10-4-5-13-9(2)16-10/h4-7,11,15H,3,8H2,1-2H3. The number of hydrogen-bond donors (Lipinski definition) is 1. The Hall–Kier alpha value is -1.33. The van der Waals surface area contributed by atoms with Crippen molar-refractivity contribution in [3.05, 3.63) is 40.4 Å². The molecule has 2 aromatic rings. The predicted octanol–water partition coefficient (Wildman–Crippen LogP) is 2.48. The first-order chi connectivity index (χ1) is 8.29. The van der Waals surface area contributed by atoms with Gasteiger partial charge in [-0.2, -0.15) is 0 Å². The number of hydrogen-bond acceptors (Lipinski definition) is 5. The molecule has 0 amide bonds. The molecule has 0 fully saturated rings. The van der Waals surface area contributed by atoms with Crippen molar-refractivity contribution >= 4 is 11.3 Å². The highest BCUT2D eigenvalue weighted by atomic mass is 32.1. The zero-order valence-corrected chi connectivity index (χ0v) is 10.9. The Morgan fingerprint density at radius 1 is 1.35 bits per heavy atom. The summed E-state index contributed by atoms with van der Waals surface area (Å²) in [5.41, 5.74) is 1.02. The van der Waals surface area contributed by atoms with E-state index in [1.807, 2.05) is 24.6 Å². The SMILES string of the molecule is CCC(NCc1ccnc(C)n1)c1nccs1. The second kappa shape index (κ2) is 5.84. The summed E-state index contributed by atoms with van der Waals surface area (Å²) < 4.78 is 0. The van der Waals surface area contributed by atoms with E-state index < -0.39 is 0 Å². The molecule has 2 rings (SSSR count). The van der Waals surface area contributed by atoms with Crippen LogP contribution in [0.5, 0.6) is 0 Å². The molecule has 1 atom stereocenters. The number of aryl methyl sites for hydroxylation is 1. The Morgan fingerprint density at radius 2 is 2.24 bits per heavy atom. The zero-order chi connectivity index (χ0) is 12.1. The van der Waals surface area contributed by atoms with E-state index in [4.69, 9.17) is 0 Å². The normalized spacial score (nSPS) is 12.6. The topological polar surface area (TPSA) is 50.7 Å². The van der Waals surface area contributed by atoms with Crippen LogP contribution in [0.3, 0.4) is 0 Å². The van der Waals surface area contributed by atoms with Crippen LogP contribution in [0.15, 0.2) is 23.8 Å². The van der Waals surface area contributed by atoms with Gasteiger partial charge in [-0.25, -0.2) is 15.0 Å². The lowest BCUT2D eigenvalue weighted by molar-refractivity contribution is 0.511. The van der Waals surface area contributed by atoms with Gasteiger partial charge in [-0.3, -0.25) is 0 Å². The van der Waals surface area contributed by atoms with Crippen molar-refractivity contribution in [1.82, 2.24) is 20.3 Å². The van der Waals surface area contributed by atoms with E-state index in [-0.39, 0.29) is 0 Å². The fourth-order valence-corrected chi connectivity index (χ4v) is 2.44. The first kappa shape index (κ1) is 12.1. The molecule has 0 aromatic carbocycles. The maximum atomic E-state index is 4.37. The summed E-state index contributed by atoms with van der Waals surface area (Å²) in [5.74, 6) is 0.812. The molecule has 2 heterocycles. The smallest absolute Gasteiger partial charge is 0.125 e. The van der Waals surface area contributed by atoms with E-state index in [2.05, 4.69) is 27.2 Å². The molecule has 0 spiro atoms. The number of nitrogens with zero attached hydrogens (tertiary/aromatic N) is 3. The average Bonchev–Trinajstić information content (AvgIpc) is 2.84. The molecule has 17 heavy (non-hydrogen) atoms. The van der Waals surface area contributed by atoms with E-state index in [1.165, 1.54) is 0 Å². The van der Waals surface area contributed by atoms with Crippen LogP contribution in [0.4, 0.5) is 0 Å². The lowest BCUT2D eigenvalue weighted by Crippen LogP contribution is -2.20. The van der Waals surface area contributed by atoms with Gasteiger partial charge in [0.15, 0.2) is 0 Å². The second-order valence-corrected chi connectivity index (χ2v) is 4.73. The van der Waals surface area contributed by atoms with Gasteiger partial charge in [0.25, 0.3) is 0 Å². The Kier molecular flexibility index (Phi) is 4.17. The highest BCUT2D eigenvalue weighted by molar-refractivity contribution is 7.09. The summed E-state index contributed by atoms with van der Waals surface area (Å²) in [6.07, 6.45) is 4.67. The van der Waals surface area contributed by atoms with Crippen LogP contribution in [-0.4, -0.2) is 15.0 Å². The van der Waals surface area contributed by atoms with Gasteiger partial charge in [-0.05, 0) is 19.4 Å². The molecule has 1 N–H and O–H groups in total. The number of nitrogens with one attached hydrogen (secondary N) is 1. The van der Waals surface area contributed by atoms with E-state index in [0.29, 0.717) is 6.04 Å². The molecule has 0 radical (unpaired) electrons. The fraction of sp³-hybridized carbons (Fsp3) is 0.417. The molecule has 90 valence electrons. The van der Waals surface area contributed by atoms with Crippen molar-refractivity contribution in [3.8, 4) is 0 Å². The molecule has 1 unspecified atom stereocenters. The minimum atomic E-state index is 0.310. The molecule has 0 aliphatic carbocycles. The van der Waals surface area contributed by atoms with Crippen molar-refractivity contribution in [3.63, 3.8) is 0 Å². The van der Waals surface area contributed by atoms with Gasteiger partial charge >= 0.3 is 0 Å². The van der Waals surface area contributed by atoms with Crippen LogP contribution in [-0.2, 0) is 6.54 Å². The maximum Gasteiger partial charge on any atom is 0.125 e. The minimum absolute atomic E-state index is 0.310. The van der Waals surface area contributed by atoms with Crippen molar-refractivity contribution < 1.29 is 0 Å². The van der Waals surface area contributed by atoms with Crippen molar-refractivity contribution in [2.75, 3.05) is 0 Å². The first-order valence-electron chi connectivity index (χ1n) is 5.71. The summed E-state index contributed by atoms with van der Waals surface area (Å²) in [7, 11) is 0. The molecule has 0 saturated carbocycles. The summed E-state index contributed by atoms with van der Waals surface area (Å²) >= 11 is 1.69. The van der Waals surface area contributed by atoms with Gasteiger partial charge < -0.3 is 5.32 Å². The second-order valence-electron chi connectivity index (χ2n) is 3.81. The van der Waals surface area contributed by atoms with Crippen molar-refractivity contribution in [1.29, 1.82) is 0 Å². The van der Waals surface area contributed by atoms with Gasteiger partial charge in [-0.15, -0.1) is 11.3 Å². The molecule has 0 saturated heterocycles. The Labute approximate surface area is 105 Å². The van der Waals surface area contributed by atoms with E-state index in [0.717, 1.165) is 29.5 Å². The Morgan fingerprint density at radius 3 is 2.88 bits per heavy atom. The summed E-state index contributed by atoms with van der Waals surface area (Å²) in [5, 5.41) is 6.62. The highest BCUT2D eigenvalue weighted by Crippen LogP contribution is 2.18. The molecular weight excluding hydrogens is 232 g/mol. The van der Waals surface area contributed by atoms with E-state index in [1.54, 1.807) is 17.5 Å². The average molecular weight is 248 g/mol. The van der Waals surface area contributed by atoms with Gasteiger partial charge in [0, 0.05) is 24.3 Å². The fourth-order valence-electron chi connectivity index (χ4n) is 1.64. The first-order valence-corrected chi connectivity index (χ1v) is 6.59. The van der Waals surface area contributed by atoms with Crippen LogP contribution in [0, 0.1) is 6.92 Å². The van der Waals surface area contributed by atoms with Crippen LogP contribution >= 0.6 is 11.3 Å². The molecule has 0 aliphatic rings. The number of thiazole rings is 1. The third-order valence-electron chi connectivity index (χ3n) is 2.52. The minimum Gasteiger partial charge on any atom is -0.302 e. The molecule has 5 heteroatoms. The summed E-state index contributed by atoms with van der Waals surface area (Å²) in [4.78, 5) is 12.8. The van der Waals surface area contributed by atoms with Crippen LogP contribution in [0.2, 0.25) is 0 Å². The van der Waals surface area contributed by atoms with E-state index >= 15 is 0 Å².